The maximum Gasteiger partial charge on any atom is 0.145 e. The SMILES string of the molecule is Cc1c(Sc2ccccc2)c2cc(Cl)cc3c2n1C(CN1CCN(C)CC1)CO3. The topological polar surface area (TPSA) is 20.6 Å². The van der Waals surface area contributed by atoms with Gasteiger partial charge in [-0.1, -0.05) is 41.6 Å². The molecule has 2 aliphatic rings. The molecule has 152 valence electrons. The van der Waals surface area contributed by atoms with Gasteiger partial charge in [0.15, 0.2) is 0 Å². The minimum Gasteiger partial charge on any atom is -0.489 e. The molecule has 1 fully saturated rings. The molecule has 1 unspecified atom stereocenters. The third kappa shape index (κ3) is 3.66. The van der Waals surface area contributed by atoms with E-state index in [1.165, 1.54) is 26.4 Å². The number of benzene rings is 2. The maximum atomic E-state index is 6.46. The zero-order valence-electron chi connectivity index (χ0n) is 16.9. The summed E-state index contributed by atoms with van der Waals surface area (Å²) >= 11 is 8.28. The van der Waals surface area contributed by atoms with Crippen molar-refractivity contribution >= 4 is 34.3 Å². The normalized spacial score (nSPS) is 20.2. The summed E-state index contributed by atoms with van der Waals surface area (Å²) in [4.78, 5) is 7.50. The van der Waals surface area contributed by atoms with Crippen LogP contribution in [0.4, 0.5) is 0 Å². The summed E-state index contributed by atoms with van der Waals surface area (Å²) in [6.45, 7) is 8.47. The second-order valence-electron chi connectivity index (χ2n) is 8.07. The Morgan fingerprint density at radius 3 is 2.62 bits per heavy atom. The summed E-state index contributed by atoms with van der Waals surface area (Å²) in [5, 5.41) is 1.93. The van der Waals surface area contributed by atoms with Crippen LogP contribution in [0.15, 0.2) is 52.3 Å². The van der Waals surface area contributed by atoms with Crippen LogP contribution in [-0.2, 0) is 0 Å². The monoisotopic (exact) mass is 427 g/mol. The number of piperazine rings is 1. The van der Waals surface area contributed by atoms with Crippen LogP contribution in [0.5, 0.6) is 5.75 Å². The van der Waals surface area contributed by atoms with Gasteiger partial charge in [0.05, 0.1) is 11.6 Å². The molecule has 0 N–H and O–H groups in total. The fourth-order valence-corrected chi connectivity index (χ4v) is 5.74. The van der Waals surface area contributed by atoms with Crippen molar-refractivity contribution in [1.29, 1.82) is 0 Å². The highest BCUT2D eigenvalue weighted by molar-refractivity contribution is 7.99. The summed E-state index contributed by atoms with van der Waals surface area (Å²) in [6.07, 6.45) is 0. The Morgan fingerprint density at radius 1 is 1.10 bits per heavy atom. The van der Waals surface area contributed by atoms with E-state index in [4.69, 9.17) is 16.3 Å². The van der Waals surface area contributed by atoms with Gasteiger partial charge in [0.1, 0.15) is 12.4 Å². The van der Waals surface area contributed by atoms with Crippen LogP contribution in [-0.4, -0.2) is 60.7 Å². The van der Waals surface area contributed by atoms with E-state index >= 15 is 0 Å². The van der Waals surface area contributed by atoms with Gasteiger partial charge in [0.25, 0.3) is 0 Å². The first kappa shape index (κ1) is 19.3. The molecule has 0 spiro atoms. The first-order chi connectivity index (χ1) is 14.1. The zero-order valence-corrected chi connectivity index (χ0v) is 18.5. The third-order valence-corrected chi connectivity index (χ3v) is 7.49. The van der Waals surface area contributed by atoms with Gasteiger partial charge in [0.2, 0.25) is 0 Å². The molecule has 1 aromatic heterocycles. The summed E-state index contributed by atoms with van der Waals surface area (Å²) in [5.74, 6) is 0.908. The lowest BCUT2D eigenvalue weighted by molar-refractivity contribution is 0.117. The molecule has 0 saturated carbocycles. The van der Waals surface area contributed by atoms with Crippen molar-refractivity contribution in [2.75, 3.05) is 46.4 Å². The average Bonchev–Trinajstić information content (AvgIpc) is 2.99. The number of nitrogens with zero attached hydrogens (tertiary/aromatic N) is 3. The number of likely N-dealkylation sites (N-methyl/N-ethyl adjacent to an activating group) is 1. The van der Waals surface area contributed by atoms with E-state index in [0.717, 1.165) is 43.5 Å². The van der Waals surface area contributed by atoms with E-state index in [9.17, 15) is 0 Å². The summed E-state index contributed by atoms with van der Waals surface area (Å²) in [6, 6.07) is 14.9. The van der Waals surface area contributed by atoms with E-state index in [-0.39, 0.29) is 0 Å². The average molecular weight is 428 g/mol. The first-order valence-electron chi connectivity index (χ1n) is 10.2. The summed E-state index contributed by atoms with van der Waals surface area (Å²) in [7, 11) is 2.20. The Kier molecular flexibility index (Phi) is 5.25. The minimum absolute atomic E-state index is 0.319. The smallest absolute Gasteiger partial charge is 0.145 e. The Labute approximate surface area is 181 Å². The van der Waals surface area contributed by atoms with Crippen molar-refractivity contribution < 1.29 is 4.74 Å². The van der Waals surface area contributed by atoms with Gasteiger partial charge in [-0.25, -0.2) is 0 Å². The van der Waals surface area contributed by atoms with Gasteiger partial charge in [-0.05, 0) is 32.2 Å². The molecule has 3 aromatic rings. The van der Waals surface area contributed by atoms with Crippen molar-refractivity contribution in [3.8, 4) is 5.75 Å². The van der Waals surface area contributed by atoms with E-state index in [1.807, 2.05) is 17.8 Å². The number of aromatic nitrogens is 1. The summed E-state index contributed by atoms with van der Waals surface area (Å²) in [5.41, 5.74) is 2.50. The molecular formula is C23H26ClN3OS. The molecule has 0 aliphatic carbocycles. The fourth-order valence-electron chi connectivity index (χ4n) is 4.49. The minimum atomic E-state index is 0.319. The molecule has 0 bridgehead atoms. The lowest BCUT2D eigenvalue weighted by Crippen LogP contribution is -2.47. The highest BCUT2D eigenvalue weighted by atomic mass is 35.5. The number of ether oxygens (including phenoxy) is 1. The lowest BCUT2D eigenvalue weighted by Gasteiger charge is -2.36. The predicted molar refractivity (Wildman–Crippen MR) is 121 cm³/mol. The maximum absolute atomic E-state index is 6.46. The van der Waals surface area contributed by atoms with E-state index in [2.05, 4.69) is 64.7 Å². The zero-order chi connectivity index (χ0) is 20.0. The van der Waals surface area contributed by atoms with Crippen LogP contribution in [0.1, 0.15) is 11.7 Å². The van der Waals surface area contributed by atoms with Crippen LogP contribution in [0, 0.1) is 6.92 Å². The van der Waals surface area contributed by atoms with Gasteiger partial charge < -0.3 is 14.2 Å². The molecule has 2 aromatic carbocycles. The third-order valence-electron chi connectivity index (χ3n) is 6.04. The van der Waals surface area contributed by atoms with Crippen molar-refractivity contribution in [3.05, 3.63) is 53.2 Å². The predicted octanol–water partition coefficient (Wildman–Crippen LogP) is 4.94. The molecule has 0 radical (unpaired) electrons. The van der Waals surface area contributed by atoms with Gasteiger partial charge in [-0.3, -0.25) is 4.90 Å². The van der Waals surface area contributed by atoms with Crippen LogP contribution in [0.3, 0.4) is 0 Å². The molecular weight excluding hydrogens is 402 g/mol. The van der Waals surface area contributed by atoms with Gasteiger partial charge in [-0.2, -0.15) is 0 Å². The molecule has 29 heavy (non-hydrogen) atoms. The van der Waals surface area contributed by atoms with Crippen LogP contribution in [0.25, 0.3) is 10.9 Å². The Bertz CT molecular complexity index is 1030. The van der Waals surface area contributed by atoms with Gasteiger partial charge in [0, 0.05) is 64.7 Å². The molecule has 2 aliphatic heterocycles. The van der Waals surface area contributed by atoms with E-state index in [1.54, 1.807) is 0 Å². The number of rotatable bonds is 4. The van der Waals surface area contributed by atoms with Crippen molar-refractivity contribution in [3.63, 3.8) is 0 Å². The van der Waals surface area contributed by atoms with Gasteiger partial charge in [-0.15, -0.1) is 0 Å². The van der Waals surface area contributed by atoms with E-state index < -0.39 is 0 Å². The molecule has 1 atom stereocenters. The Balaban J connectivity index is 1.55. The number of hydrogen-bond acceptors (Lipinski definition) is 4. The van der Waals surface area contributed by atoms with Crippen molar-refractivity contribution in [2.45, 2.75) is 22.8 Å². The quantitative estimate of drug-likeness (QED) is 0.587. The van der Waals surface area contributed by atoms with E-state index in [0.29, 0.717) is 12.6 Å². The standard InChI is InChI=1S/C23H26ClN3OS/c1-16-23(29-19-6-4-3-5-7-19)20-12-17(24)13-21-22(20)27(16)18(15-28-21)14-26-10-8-25(2)9-11-26/h3-7,12-13,18H,8-11,14-15H2,1-2H3. The first-order valence-corrected chi connectivity index (χ1v) is 11.4. The highest BCUT2D eigenvalue weighted by Crippen LogP contribution is 2.46. The molecule has 6 heteroatoms. The number of halogens is 1. The molecule has 0 amide bonds. The Morgan fingerprint density at radius 2 is 1.86 bits per heavy atom. The molecule has 5 rings (SSSR count). The second-order valence-corrected chi connectivity index (χ2v) is 9.59. The molecule has 3 heterocycles. The van der Waals surface area contributed by atoms with Crippen LogP contribution >= 0.6 is 23.4 Å². The number of hydrogen-bond donors (Lipinski definition) is 0. The van der Waals surface area contributed by atoms with Crippen LogP contribution < -0.4 is 4.74 Å². The van der Waals surface area contributed by atoms with Crippen molar-refractivity contribution in [1.82, 2.24) is 14.4 Å². The highest BCUT2D eigenvalue weighted by Gasteiger charge is 2.30. The summed E-state index contributed by atoms with van der Waals surface area (Å²) < 4.78 is 8.73. The Hall–Kier alpha value is -1.66. The molecule has 1 saturated heterocycles. The second kappa shape index (κ2) is 7.88. The lowest BCUT2D eigenvalue weighted by atomic mass is 10.2. The fraction of sp³-hybridized carbons (Fsp3) is 0.391. The van der Waals surface area contributed by atoms with Crippen molar-refractivity contribution in [2.24, 2.45) is 0 Å². The largest absolute Gasteiger partial charge is 0.489 e. The van der Waals surface area contributed by atoms with Crippen LogP contribution in [0.2, 0.25) is 5.02 Å². The van der Waals surface area contributed by atoms with Gasteiger partial charge >= 0.3 is 0 Å². The molecule has 4 nitrogen and oxygen atoms in total.